The molecule has 212 valence electrons. The first-order chi connectivity index (χ1) is 19.1. The van der Waals surface area contributed by atoms with Crippen LogP contribution in [0.25, 0.3) is 0 Å². The molecule has 0 spiro atoms. The molecule has 1 aromatic heterocycles. The van der Waals surface area contributed by atoms with Gasteiger partial charge in [-0.3, -0.25) is 14.9 Å². The zero-order valence-electron chi connectivity index (χ0n) is 22.2. The van der Waals surface area contributed by atoms with Gasteiger partial charge in [-0.25, -0.2) is 19.0 Å². The van der Waals surface area contributed by atoms with Gasteiger partial charge < -0.3 is 25.3 Å². The minimum Gasteiger partial charge on any atom is -0.427 e. The number of hydrogen-bond donors (Lipinski definition) is 3. The van der Waals surface area contributed by atoms with Gasteiger partial charge in [-0.2, -0.15) is 5.26 Å². The van der Waals surface area contributed by atoms with Crippen LogP contribution < -0.4 is 21.1 Å². The van der Waals surface area contributed by atoms with E-state index in [1.54, 1.807) is 13.8 Å². The summed E-state index contributed by atoms with van der Waals surface area (Å²) in [5.74, 6) is -2.82. The molecule has 4 N–H and O–H groups in total. The fraction of sp³-hybridized carbons (Fsp3) is 0.407. The Morgan fingerprint density at radius 3 is 2.58 bits per heavy atom. The zero-order chi connectivity index (χ0) is 29.4. The number of urea groups is 1. The molecule has 1 aliphatic carbocycles. The molecule has 40 heavy (non-hydrogen) atoms. The molecule has 0 radical (unpaired) electrons. The first-order valence-corrected chi connectivity index (χ1v) is 12.7. The lowest BCUT2D eigenvalue weighted by Crippen LogP contribution is -2.38. The van der Waals surface area contributed by atoms with Gasteiger partial charge in [-0.15, -0.1) is 0 Å². The number of Topliss-reactive ketones (excluding diaryl/α,β-unsaturated/α-hetero) is 1. The molecule has 13 heteroatoms. The van der Waals surface area contributed by atoms with Crippen molar-refractivity contribution in [3.63, 3.8) is 0 Å². The number of ketones is 1. The molecule has 12 nitrogen and oxygen atoms in total. The molecule has 2 unspecified atom stereocenters. The van der Waals surface area contributed by atoms with Gasteiger partial charge >= 0.3 is 18.2 Å². The molecule has 0 aliphatic heterocycles. The molecule has 1 heterocycles. The van der Waals surface area contributed by atoms with Crippen molar-refractivity contribution < 1.29 is 37.8 Å². The molecule has 1 aliphatic rings. The number of benzene rings is 1. The van der Waals surface area contributed by atoms with Crippen molar-refractivity contribution in [1.82, 2.24) is 10.3 Å². The molecule has 1 saturated carbocycles. The normalized spacial score (nSPS) is 17.0. The van der Waals surface area contributed by atoms with Crippen LogP contribution in [0.2, 0.25) is 0 Å². The Morgan fingerprint density at radius 1 is 1.20 bits per heavy atom. The third-order valence-electron chi connectivity index (χ3n) is 6.47. The highest BCUT2D eigenvalue weighted by Crippen LogP contribution is 2.47. The van der Waals surface area contributed by atoms with Crippen molar-refractivity contribution in [1.29, 1.82) is 5.26 Å². The summed E-state index contributed by atoms with van der Waals surface area (Å²) < 4.78 is 30.0. The number of carbonyl (C=O) groups excluding carboxylic acids is 4. The highest BCUT2D eigenvalue weighted by atomic mass is 19.1. The van der Waals surface area contributed by atoms with Crippen LogP contribution in [0.4, 0.5) is 19.8 Å². The Morgan fingerprint density at radius 2 is 1.95 bits per heavy atom. The number of nitrogens with zero attached hydrogens (tertiary/aromatic N) is 2. The predicted molar refractivity (Wildman–Crippen MR) is 139 cm³/mol. The van der Waals surface area contributed by atoms with E-state index in [4.69, 9.17) is 25.2 Å². The van der Waals surface area contributed by atoms with Gasteiger partial charge in [0.15, 0.2) is 11.5 Å². The van der Waals surface area contributed by atoms with Crippen molar-refractivity contribution in [3.8, 4) is 11.8 Å². The molecule has 2 aromatic rings. The molecule has 1 aromatic carbocycles. The third kappa shape index (κ3) is 7.51. The average molecular weight is 556 g/mol. The number of carbonyl (C=O) groups is 4. The maximum atomic E-state index is 15.0. The van der Waals surface area contributed by atoms with Crippen molar-refractivity contribution in [2.45, 2.75) is 58.0 Å². The van der Waals surface area contributed by atoms with Gasteiger partial charge in [-0.1, -0.05) is 27.2 Å². The van der Waals surface area contributed by atoms with Gasteiger partial charge in [0.25, 0.3) is 0 Å². The Kier molecular flexibility index (Phi) is 10.1. The Hall–Kier alpha value is -4.57. The van der Waals surface area contributed by atoms with E-state index in [1.165, 1.54) is 24.4 Å². The summed E-state index contributed by atoms with van der Waals surface area (Å²) in [4.78, 5) is 53.3. The molecule has 1 fully saturated rings. The summed E-state index contributed by atoms with van der Waals surface area (Å²) in [5.41, 5.74) is 5.99. The van der Waals surface area contributed by atoms with E-state index in [-0.39, 0.29) is 35.0 Å². The maximum absolute atomic E-state index is 15.0. The second-order valence-electron chi connectivity index (χ2n) is 9.19. The Labute approximate surface area is 230 Å². The Balaban J connectivity index is 1.69. The van der Waals surface area contributed by atoms with Gasteiger partial charge in [0.2, 0.25) is 6.79 Å². The van der Waals surface area contributed by atoms with Crippen LogP contribution >= 0.6 is 0 Å². The number of rotatable bonds is 11. The van der Waals surface area contributed by atoms with Crippen LogP contribution in [-0.4, -0.2) is 47.8 Å². The van der Waals surface area contributed by atoms with E-state index in [1.807, 2.05) is 13.0 Å². The first-order valence-electron chi connectivity index (χ1n) is 12.7. The van der Waals surface area contributed by atoms with Crippen LogP contribution in [0.3, 0.4) is 0 Å². The number of aromatic nitrogens is 1. The minimum absolute atomic E-state index is 0.0384. The summed E-state index contributed by atoms with van der Waals surface area (Å²) in [5, 5.41) is 14.0. The molecular weight excluding hydrogens is 525 g/mol. The van der Waals surface area contributed by atoms with E-state index in [0.717, 1.165) is 6.07 Å². The number of ether oxygens (including phenoxy) is 3. The molecule has 3 rings (SSSR count). The smallest absolute Gasteiger partial charge is 0.427 e. The monoisotopic (exact) mass is 555 g/mol. The minimum atomic E-state index is -1.32. The molecule has 4 atom stereocenters. The first kappa shape index (κ1) is 30.0. The standard InChI is InChI=1S/C27H30FN5O7/c1-4-14(3)23(30)25(35)38-13-39-27(37)40-24-16(20(34)5-2)7-8-18(28)22(24)17-10-19(17)32-26(36)33-21-9-6-15(11-29)12-31-21/h6-9,12,14,17,19,23H,4-5,10,13,30H2,1-3H3,(H2,31,32,33,36)/t14-,17?,19?,23-/m0/s1. The van der Waals surface area contributed by atoms with Crippen molar-refractivity contribution in [2.24, 2.45) is 11.7 Å². The number of halogens is 1. The fourth-order valence-corrected chi connectivity index (χ4v) is 3.80. The summed E-state index contributed by atoms with van der Waals surface area (Å²) >= 11 is 0. The summed E-state index contributed by atoms with van der Waals surface area (Å²) in [6.45, 7) is 4.43. The highest BCUT2D eigenvalue weighted by molar-refractivity contribution is 5.99. The third-order valence-corrected chi connectivity index (χ3v) is 6.47. The van der Waals surface area contributed by atoms with Crippen LogP contribution in [0.15, 0.2) is 30.5 Å². The number of nitrogens with one attached hydrogen (secondary N) is 2. The highest BCUT2D eigenvalue weighted by Gasteiger charge is 2.44. The Bertz CT molecular complexity index is 1310. The van der Waals surface area contributed by atoms with E-state index >= 15 is 4.39 Å². The van der Waals surface area contributed by atoms with E-state index in [0.29, 0.717) is 18.4 Å². The topological polar surface area (TPSA) is 183 Å². The van der Waals surface area contributed by atoms with E-state index in [2.05, 4.69) is 15.6 Å². The average Bonchev–Trinajstić information content (AvgIpc) is 3.69. The molecule has 0 saturated heterocycles. The lowest BCUT2D eigenvalue weighted by Gasteiger charge is -2.17. The summed E-state index contributed by atoms with van der Waals surface area (Å²) in [7, 11) is 0. The number of pyridine rings is 1. The number of esters is 1. The van der Waals surface area contributed by atoms with Gasteiger partial charge in [-0.05, 0) is 36.6 Å². The number of anilines is 1. The lowest BCUT2D eigenvalue weighted by molar-refractivity contribution is -0.155. The quantitative estimate of drug-likeness (QED) is 0.160. The van der Waals surface area contributed by atoms with Crippen LogP contribution in [0.5, 0.6) is 5.75 Å². The van der Waals surface area contributed by atoms with E-state index < -0.39 is 54.6 Å². The number of nitriles is 1. The largest absolute Gasteiger partial charge is 0.516 e. The van der Waals surface area contributed by atoms with Crippen molar-refractivity contribution >= 4 is 29.8 Å². The number of amides is 2. The van der Waals surface area contributed by atoms with Gasteiger partial charge in [0.05, 0.1) is 11.1 Å². The van der Waals surface area contributed by atoms with Crippen LogP contribution in [0, 0.1) is 23.1 Å². The lowest BCUT2D eigenvalue weighted by atomic mass is 10.00. The maximum Gasteiger partial charge on any atom is 0.516 e. The predicted octanol–water partition coefficient (Wildman–Crippen LogP) is 3.75. The SMILES string of the molecule is CCC(=O)c1ccc(F)c(C2CC2NC(=O)Nc2ccc(C#N)cn2)c1OC(=O)OCOC(=O)[C@@H](N)[C@@H](C)CC. The second-order valence-corrected chi connectivity index (χ2v) is 9.19. The van der Waals surface area contributed by atoms with Crippen molar-refractivity contribution in [2.75, 3.05) is 12.1 Å². The fourth-order valence-electron chi connectivity index (χ4n) is 3.80. The number of hydrogen-bond acceptors (Lipinski definition) is 10. The van der Waals surface area contributed by atoms with Crippen molar-refractivity contribution in [3.05, 3.63) is 53.0 Å². The second kappa shape index (κ2) is 13.5. The van der Waals surface area contributed by atoms with Gasteiger partial charge in [0, 0.05) is 30.1 Å². The summed E-state index contributed by atoms with van der Waals surface area (Å²) in [6.07, 6.45) is 0.960. The summed E-state index contributed by atoms with van der Waals surface area (Å²) in [6, 6.07) is 5.08. The van der Waals surface area contributed by atoms with E-state index in [9.17, 15) is 19.2 Å². The van der Waals surface area contributed by atoms with Gasteiger partial charge in [0.1, 0.15) is 23.7 Å². The molecule has 0 bridgehead atoms. The molecule has 2 amide bonds. The van der Waals surface area contributed by atoms with Crippen LogP contribution in [0.1, 0.15) is 67.4 Å². The zero-order valence-corrected chi connectivity index (χ0v) is 22.2. The van der Waals surface area contributed by atoms with Crippen LogP contribution in [-0.2, 0) is 14.3 Å². The number of nitrogens with two attached hydrogens (primary N) is 1. The molecular formula is C27H30FN5O7.